The van der Waals surface area contributed by atoms with Crippen LogP contribution in [0.25, 0.3) is 111 Å². The first kappa shape index (κ1) is 32.4. The number of rotatable bonds is 5. The molecule has 12 rings (SSSR count). The highest BCUT2D eigenvalue weighted by molar-refractivity contribution is 6.19. The number of hydrogen-bond donors (Lipinski definition) is 0. The lowest BCUT2D eigenvalue weighted by atomic mass is 10.0. The standard InChI is InChI=1S/C53H33N5/c1-3-13-34(14-4-1)35-23-25-38(26-24-35)52-54-51(37-16-5-2-6-17-37)55-53(56-52)58-48-22-12-10-20-44(48)46-32-39-27-29-41(31-40(39)33-49(46)58)57-47-21-11-9-19-43(47)45-30-28-36-15-7-8-18-42(36)50(45)57/h1-33H. The van der Waals surface area contributed by atoms with Crippen LogP contribution in [0, 0.1) is 0 Å². The molecule has 0 saturated heterocycles. The zero-order valence-electron chi connectivity index (χ0n) is 31.3. The van der Waals surface area contributed by atoms with Crippen molar-refractivity contribution in [2.75, 3.05) is 0 Å². The molecule has 0 saturated carbocycles. The number of hydrogen-bond acceptors (Lipinski definition) is 3. The Labute approximate surface area is 333 Å². The van der Waals surface area contributed by atoms with Gasteiger partial charge in [-0.05, 0) is 63.7 Å². The molecule has 0 atom stereocenters. The molecular weight excluding hydrogens is 707 g/mol. The van der Waals surface area contributed by atoms with E-state index >= 15 is 0 Å². The molecule has 0 spiro atoms. The summed E-state index contributed by atoms with van der Waals surface area (Å²) in [5, 5.41) is 9.56. The van der Waals surface area contributed by atoms with Gasteiger partial charge in [-0.25, -0.2) is 4.98 Å². The Hall–Kier alpha value is -7.89. The van der Waals surface area contributed by atoms with E-state index < -0.39 is 0 Å². The molecule has 3 aromatic heterocycles. The first-order valence-electron chi connectivity index (χ1n) is 19.6. The molecule has 9 aromatic carbocycles. The normalized spacial score (nSPS) is 11.8. The molecule has 5 nitrogen and oxygen atoms in total. The minimum absolute atomic E-state index is 0.576. The fourth-order valence-corrected chi connectivity index (χ4v) is 8.81. The topological polar surface area (TPSA) is 48.5 Å². The van der Waals surface area contributed by atoms with E-state index in [4.69, 9.17) is 15.0 Å². The maximum absolute atomic E-state index is 5.25. The number of para-hydroxylation sites is 2. The number of nitrogens with zero attached hydrogens (tertiary/aromatic N) is 5. The van der Waals surface area contributed by atoms with E-state index in [9.17, 15) is 0 Å². The second kappa shape index (κ2) is 12.8. The first-order chi connectivity index (χ1) is 28.7. The highest BCUT2D eigenvalue weighted by atomic mass is 15.2. The van der Waals surface area contributed by atoms with Gasteiger partial charge in [-0.1, -0.05) is 164 Å². The van der Waals surface area contributed by atoms with Gasteiger partial charge in [-0.15, -0.1) is 0 Å². The molecule has 0 fully saturated rings. The zero-order valence-corrected chi connectivity index (χ0v) is 31.3. The summed E-state index contributed by atoms with van der Waals surface area (Å²) in [4.78, 5) is 15.5. The maximum atomic E-state index is 5.25. The fraction of sp³-hybridized carbons (Fsp3) is 0. The number of fused-ring (bicyclic) bond motifs is 9. The van der Waals surface area contributed by atoms with Gasteiger partial charge < -0.3 is 4.57 Å². The van der Waals surface area contributed by atoms with Gasteiger partial charge in [0.25, 0.3) is 0 Å². The summed E-state index contributed by atoms with van der Waals surface area (Å²) in [6.07, 6.45) is 0. The molecule has 0 aliphatic heterocycles. The summed E-state index contributed by atoms with van der Waals surface area (Å²) in [7, 11) is 0. The van der Waals surface area contributed by atoms with Gasteiger partial charge in [0.05, 0.1) is 22.1 Å². The van der Waals surface area contributed by atoms with Crippen molar-refractivity contribution in [2.24, 2.45) is 0 Å². The minimum atomic E-state index is 0.576. The van der Waals surface area contributed by atoms with E-state index in [0.29, 0.717) is 17.6 Å². The van der Waals surface area contributed by atoms with Crippen molar-refractivity contribution in [1.82, 2.24) is 24.1 Å². The molecule has 58 heavy (non-hydrogen) atoms. The van der Waals surface area contributed by atoms with Crippen molar-refractivity contribution in [2.45, 2.75) is 0 Å². The lowest BCUT2D eigenvalue weighted by molar-refractivity contribution is 0.954. The van der Waals surface area contributed by atoms with Crippen LogP contribution in [0.1, 0.15) is 0 Å². The van der Waals surface area contributed by atoms with E-state index in [1.165, 1.54) is 43.5 Å². The summed E-state index contributed by atoms with van der Waals surface area (Å²) in [6, 6.07) is 71.0. The Balaban J connectivity index is 1.09. The van der Waals surface area contributed by atoms with E-state index in [1.807, 2.05) is 24.3 Å². The minimum Gasteiger partial charge on any atom is -0.309 e. The Morgan fingerprint density at radius 2 is 0.845 bits per heavy atom. The Kier molecular flexibility index (Phi) is 7.16. The predicted molar refractivity (Wildman–Crippen MR) is 240 cm³/mol. The van der Waals surface area contributed by atoms with Crippen molar-refractivity contribution in [3.63, 3.8) is 0 Å². The summed E-state index contributed by atoms with van der Waals surface area (Å²) in [5.74, 6) is 1.82. The van der Waals surface area contributed by atoms with E-state index in [0.717, 1.165) is 49.6 Å². The molecule has 3 heterocycles. The molecule has 0 N–H and O–H groups in total. The summed E-state index contributed by atoms with van der Waals surface area (Å²) >= 11 is 0. The second-order valence-corrected chi connectivity index (χ2v) is 14.9. The molecule has 12 aromatic rings. The number of benzene rings is 9. The Morgan fingerprint density at radius 3 is 1.59 bits per heavy atom. The van der Waals surface area contributed by atoms with Crippen LogP contribution in [-0.4, -0.2) is 24.1 Å². The van der Waals surface area contributed by atoms with E-state index in [1.54, 1.807) is 0 Å². The Morgan fingerprint density at radius 1 is 0.293 bits per heavy atom. The second-order valence-electron chi connectivity index (χ2n) is 14.9. The average Bonchev–Trinajstić information content (AvgIpc) is 3.81. The third kappa shape index (κ3) is 5.07. The van der Waals surface area contributed by atoms with E-state index in [-0.39, 0.29) is 0 Å². The van der Waals surface area contributed by atoms with Crippen LogP contribution < -0.4 is 0 Å². The van der Waals surface area contributed by atoms with E-state index in [2.05, 4.69) is 185 Å². The third-order valence-corrected chi connectivity index (χ3v) is 11.5. The average molecular weight is 740 g/mol. The third-order valence-electron chi connectivity index (χ3n) is 11.5. The van der Waals surface area contributed by atoms with Crippen LogP contribution in [0.5, 0.6) is 0 Å². The zero-order chi connectivity index (χ0) is 38.2. The lowest BCUT2D eigenvalue weighted by Crippen LogP contribution is -2.06. The monoisotopic (exact) mass is 739 g/mol. The van der Waals surface area contributed by atoms with Crippen molar-refractivity contribution < 1.29 is 0 Å². The van der Waals surface area contributed by atoms with Crippen LogP contribution in [0.15, 0.2) is 200 Å². The first-order valence-corrected chi connectivity index (χ1v) is 19.6. The summed E-state index contributed by atoms with van der Waals surface area (Å²) in [5.41, 5.74) is 9.77. The lowest BCUT2D eigenvalue weighted by Gasteiger charge is -2.13. The fourth-order valence-electron chi connectivity index (χ4n) is 8.81. The quantitative estimate of drug-likeness (QED) is 0.177. The molecule has 0 amide bonds. The van der Waals surface area contributed by atoms with Gasteiger partial charge in [0.15, 0.2) is 11.6 Å². The number of aromatic nitrogens is 5. The van der Waals surface area contributed by atoms with Gasteiger partial charge in [0.1, 0.15) is 0 Å². The molecule has 270 valence electrons. The Bertz CT molecular complexity index is 3550. The largest absolute Gasteiger partial charge is 0.309 e. The van der Waals surface area contributed by atoms with Crippen molar-refractivity contribution in [1.29, 1.82) is 0 Å². The molecule has 0 aliphatic rings. The van der Waals surface area contributed by atoms with Gasteiger partial charge in [-0.2, -0.15) is 9.97 Å². The summed E-state index contributed by atoms with van der Waals surface area (Å²) < 4.78 is 4.64. The summed E-state index contributed by atoms with van der Waals surface area (Å²) in [6.45, 7) is 0. The molecule has 0 bridgehead atoms. The molecular formula is C53H33N5. The predicted octanol–water partition coefficient (Wildman–Crippen LogP) is 13.4. The maximum Gasteiger partial charge on any atom is 0.238 e. The highest BCUT2D eigenvalue weighted by Crippen LogP contribution is 2.39. The van der Waals surface area contributed by atoms with Crippen LogP contribution in [0.2, 0.25) is 0 Å². The van der Waals surface area contributed by atoms with Gasteiger partial charge in [0.2, 0.25) is 5.95 Å². The molecule has 5 heteroatoms. The van der Waals surface area contributed by atoms with Crippen LogP contribution >= 0.6 is 0 Å². The SMILES string of the molecule is c1ccc(-c2ccc(-c3nc(-c4ccccc4)nc(-n4c5ccccc5c5cc6ccc(-n7c8ccccc8c8ccc9ccccc9c87)cc6cc54)n3)cc2)cc1. The van der Waals surface area contributed by atoms with Crippen molar-refractivity contribution >= 4 is 65.2 Å². The van der Waals surface area contributed by atoms with Gasteiger partial charge in [-0.3, -0.25) is 4.57 Å². The van der Waals surface area contributed by atoms with Crippen LogP contribution in [0.4, 0.5) is 0 Å². The molecule has 0 radical (unpaired) electrons. The van der Waals surface area contributed by atoms with Crippen molar-refractivity contribution in [3.8, 4) is 45.5 Å². The van der Waals surface area contributed by atoms with Crippen LogP contribution in [-0.2, 0) is 0 Å². The molecule has 0 unspecified atom stereocenters. The highest BCUT2D eigenvalue weighted by Gasteiger charge is 2.20. The van der Waals surface area contributed by atoms with Gasteiger partial charge >= 0.3 is 0 Å². The smallest absolute Gasteiger partial charge is 0.238 e. The van der Waals surface area contributed by atoms with Gasteiger partial charge in [0, 0.05) is 43.7 Å². The van der Waals surface area contributed by atoms with Crippen LogP contribution in [0.3, 0.4) is 0 Å². The van der Waals surface area contributed by atoms with Crippen molar-refractivity contribution in [3.05, 3.63) is 200 Å². The molecule has 0 aliphatic carbocycles.